The molecule has 0 radical (unpaired) electrons. The molecule has 0 fully saturated rings. The Morgan fingerprint density at radius 1 is 0.938 bits per heavy atom. The van der Waals surface area contributed by atoms with E-state index in [0.717, 1.165) is 0 Å². The smallest absolute Gasteiger partial charge is 0.321 e. The van der Waals surface area contributed by atoms with Crippen molar-refractivity contribution >= 4 is 23.9 Å². The quantitative estimate of drug-likeness (QED) is 0.364. The third-order valence-corrected chi connectivity index (χ3v) is 4.38. The first-order chi connectivity index (χ1) is 14.9. The monoisotopic (exact) mass is 451 g/mol. The molecule has 2 N–H and O–H groups in total. The van der Waals surface area contributed by atoms with Gasteiger partial charge in [0.25, 0.3) is 0 Å². The summed E-state index contributed by atoms with van der Waals surface area (Å²) in [4.78, 5) is 47.2. The van der Waals surface area contributed by atoms with Crippen molar-refractivity contribution in [1.29, 1.82) is 0 Å². The molecule has 0 aliphatic carbocycles. The van der Waals surface area contributed by atoms with Gasteiger partial charge in [-0.1, -0.05) is 40.7 Å². The van der Waals surface area contributed by atoms with Crippen LogP contribution >= 0.6 is 0 Å². The summed E-state index contributed by atoms with van der Waals surface area (Å²) in [5.74, 6) is -3.11. The van der Waals surface area contributed by atoms with Gasteiger partial charge in [0.2, 0.25) is 0 Å². The van der Waals surface area contributed by atoms with Crippen LogP contribution in [-0.2, 0) is 30.3 Å². The first-order valence-electron chi connectivity index (χ1n) is 10.7. The van der Waals surface area contributed by atoms with Crippen LogP contribution < -0.4 is 14.8 Å². The van der Waals surface area contributed by atoms with Gasteiger partial charge in [0.15, 0.2) is 11.5 Å². The summed E-state index contributed by atoms with van der Waals surface area (Å²) in [5.41, 5.74) is 0.555. The second-order valence-corrected chi connectivity index (χ2v) is 8.09. The summed E-state index contributed by atoms with van der Waals surface area (Å²) in [6, 6.07) is 3.59. The highest BCUT2D eigenvalue weighted by Gasteiger charge is 2.22. The molecule has 2 atom stereocenters. The first-order valence-corrected chi connectivity index (χ1v) is 10.7. The molecule has 9 heteroatoms. The van der Waals surface area contributed by atoms with E-state index in [0.29, 0.717) is 5.56 Å². The van der Waals surface area contributed by atoms with Crippen LogP contribution in [-0.4, -0.2) is 47.7 Å². The van der Waals surface area contributed by atoms with Crippen LogP contribution in [0.3, 0.4) is 0 Å². The number of carboxylic acids is 1. The van der Waals surface area contributed by atoms with Gasteiger partial charge >= 0.3 is 23.9 Å². The summed E-state index contributed by atoms with van der Waals surface area (Å²) in [5, 5.41) is 12.4. The number of benzene rings is 1. The minimum atomic E-state index is -1.09. The van der Waals surface area contributed by atoms with E-state index in [2.05, 4.69) is 5.32 Å². The zero-order chi connectivity index (χ0) is 24.4. The zero-order valence-corrected chi connectivity index (χ0v) is 19.5. The molecular weight excluding hydrogens is 418 g/mol. The number of esters is 3. The lowest BCUT2D eigenvalue weighted by atomic mass is 10.0. The van der Waals surface area contributed by atoms with Crippen LogP contribution in [0.25, 0.3) is 0 Å². The highest BCUT2D eigenvalue weighted by atomic mass is 16.6. The maximum Gasteiger partial charge on any atom is 0.321 e. The number of carbonyl (C=O) groups is 4. The Bertz CT molecular complexity index is 818. The second kappa shape index (κ2) is 12.8. The summed E-state index contributed by atoms with van der Waals surface area (Å²) in [6.45, 7) is 10.2. The molecule has 9 nitrogen and oxygen atoms in total. The molecule has 0 bridgehead atoms. The summed E-state index contributed by atoms with van der Waals surface area (Å²) in [7, 11) is 0. The second-order valence-electron chi connectivity index (χ2n) is 8.09. The average molecular weight is 452 g/mol. The molecule has 178 valence electrons. The van der Waals surface area contributed by atoms with E-state index in [1.807, 2.05) is 0 Å². The Labute approximate surface area is 188 Å². The fraction of sp³-hybridized carbons (Fsp3) is 0.565. The number of carbonyl (C=O) groups excluding carboxylic acids is 3. The Kier molecular flexibility index (Phi) is 10.8. The van der Waals surface area contributed by atoms with Gasteiger partial charge in [0.1, 0.15) is 12.1 Å². The van der Waals surface area contributed by atoms with Crippen molar-refractivity contribution in [2.45, 2.75) is 66.5 Å². The van der Waals surface area contributed by atoms with Gasteiger partial charge in [0, 0.05) is 13.0 Å². The standard InChI is InChI=1S/C23H33NO8/c1-7-20(25)30-15(6)12-24-17(21(26)27)10-16-8-9-18(31-22(28)13(2)3)19(11-16)32-23(29)14(4)5/h8-9,11,13-15,17,24H,7,10,12H2,1-6H3,(H,26,27)/t15?,17-/m0/s1. The van der Waals surface area contributed by atoms with Gasteiger partial charge in [0.05, 0.1) is 11.8 Å². The number of ether oxygens (including phenoxy) is 3. The highest BCUT2D eigenvalue weighted by Crippen LogP contribution is 2.30. The van der Waals surface area contributed by atoms with Crippen molar-refractivity contribution in [3.05, 3.63) is 23.8 Å². The third-order valence-electron chi connectivity index (χ3n) is 4.38. The number of aliphatic carboxylic acids is 1. The van der Waals surface area contributed by atoms with E-state index in [-0.39, 0.29) is 42.8 Å². The molecular formula is C23H33NO8. The molecule has 32 heavy (non-hydrogen) atoms. The Balaban J connectivity index is 3.02. The van der Waals surface area contributed by atoms with E-state index < -0.39 is 36.0 Å². The highest BCUT2D eigenvalue weighted by molar-refractivity contribution is 5.78. The molecule has 1 rings (SSSR count). The molecule has 0 aliphatic heterocycles. The lowest BCUT2D eigenvalue weighted by Crippen LogP contribution is -2.42. The maximum absolute atomic E-state index is 12.1. The first kappa shape index (κ1) is 27.1. The Morgan fingerprint density at radius 2 is 1.50 bits per heavy atom. The van der Waals surface area contributed by atoms with E-state index in [1.54, 1.807) is 47.6 Å². The van der Waals surface area contributed by atoms with Crippen LogP contribution in [0.5, 0.6) is 11.5 Å². The minimum absolute atomic E-state index is 0.0459. The molecule has 0 aromatic heterocycles. The molecule has 0 saturated heterocycles. The van der Waals surface area contributed by atoms with Crippen LogP contribution in [0, 0.1) is 11.8 Å². The van der Waals surface area contributed by atoms with Gasteiger partial charge in [-0.05, 0) is 31.0 Å². The molecule has 0 amide bonds. The van der Waals surface area contributed by atoms with E-state index >= 15 is 0 Å². The van der Waals surface area contributed by atoms with Crippen LogP contribution in [0.2, 0.25) is 0 Å². The molecule has 0 spiro atoms. The topological polar surface area (TPSA) is 128 Å². The van der Waals surface area contributed by atoms with E-state index in [9.17, 15) is 24.3 Å². The van der Waals surface area contributed by atoms with Gasteiger partial charge < -0.3 is 24.6 Å². The predicted molar refractivity (Wildman–Crippen MR) is 116 cm³/mol. The summed E-state index contributed by atoms with van der Waals surface area (Å²) < 4.78 is 15.8. The number of hydrogen-bond acceptors (Lipinski definition) is 8. The SMILES string of the molecule is CCC(=O)OC(C)CN[C@@H](Cc1ccc(OC(=O)C(C)C)c(OC(=O)C(C)C)c1)C(=O)O. The summed E-state index contributed by atoms with van der Waals surface area (Å²) in [6.07, 6.45) is -0.197. The van der Waals surface area contributed by atoms with Gasteiger partial charge in [-0.3, -0.25) is 19.2 Å². The van der Waals surface area contributed by atoms with Crippen molar-refractivity contribution in [3.63, 3.8) is 0 Å². The molecule has 0 heterocycles. The van der Waals surface area contributed by atoms with Crippen molar-refractivity contribution in [1.82, 2.24) is 5.32 Å². The molecule has 1 unspecified atom stereocenters. The molecule has 1 aromatic carbocycles. The predicted octanol–water partition coefficient (Wildman–Crippen LogP) is 2.74. The minimum Gasteiger partial charge on any atom is -0.480 e. The van der Waals surface area contributed by atoms with Crippen molar-refractivity contribution in [3.8, 4) is 11.5 Å². The van der Waals surface area contributed by atoms with Gasteiger partial charge in [-0.15, -0.1) is 0 Å². The zero-order valence-electron chi connectivity index (χ0n) is 19.5. The molecule has 0 saturated carbocycles. The van der Waals surface area contributed by atoms with Crippen molar-refractivity contribution < 1.29 is 38.5 Å². The lowest BCUT2D eigenvalue weighted by Gasteiger charge is -2.19. The van der Waals surface area contributed by atoms with Gasteiger partial charge in [-0.2, -0.15) is 0 Å². The van der Waals surface area contributed by atoms with Crippen LogP contribution in [0.1, 0.15) is 53.5 Å². The Hall–Kier alpha value is -2.94. The summed E-state index contributed by atoms with van der Waals surface area (Å²) >= 11 is 0. The normalized spacial score (nSPS) is 12.9. The molecule has 0 aliphatic rings. The number of hydrogen-bond donors (Lipinski definition) is 2. The number of rotatable bonds is 12. The average Bonchev–Trinajstić information content (AvgIpc) is 2.71. The fourth-order valence-electron chi connectivity index (χ4n) is 2.44. The lowest BCUT2D eigenvalue weighted by molar-refractivity contribution is -0.147. The fourth-order valence-corrected chi connectivity index (χ4v) is 2.44. The number of nitrogens with one attached hydrogen (secondary N) is 1. The maximum atomic E-state index is 12.1. The van der Waals surface area contributed by atoms with Crippen molar-refractivity contribution in [2.24, 2.45) is 11.8 Å². The third kappa shape index (κ3) is 9.05. The Morgan fingerprint density at radius 3 is 2.00 bits per heavy atom. The van der Waals surface area contributed by atoms with Crippen molar-refractivity contribution in [2.75, 3.05) is 6.54 Å². The van der Waals surface area contributed by atoms with Crippen LogP contribution in [0.15, 0.2) is 18.2 Å². The van der Waals surface area contributed by atoms with Gasteiger partial charge in [-0.25, -0.2) is 0 Å². The van der Waals surface area contributed by atoms with Crippen LogP contribution in [0.4, 0.5) is 0 Å². The largest absolute Gasteiger partial charge is 0.480 e. The van der Waals surface area contributed by atoms with E-state index in [4.69, 9.17) is 14.2 Å². The van der Waals surface area contributed by atoms with E-state index in [1.165, 1.54) is 12.1 Å². The molecule has 1 aromatic rings. The number of carboxylic acid groups (broad SMARTS) is 1.